The van der Waals surface area contributed by atoms with E-state index >= 15 is 0 Å². The minimum Gasteiger partial charge on any atom is -0.103 e. The molecule has 0 atom stereocenters. The van der Waals surface area contributed by atoms with Crippen LogP contribution in [0.2, 0.25) is 12.1 Å². The normalized spacial score (nSPS) is 10.5. The van der Waals surface area contributed by atoms with E-state index in [-0.39, 0.29) is 8.80 Å². The van der Waals surface area contributed by atoms with Gasteiger partial charge in [-0.25, -0.2) is 0 Å². The van der Waals surface area contributed by atoms with Gasteiger partial charge in [0.05, 0.1) is 8.80 Å². The molecule has 0 aliphatic rings. The van der Waals surface area contributed by atoms with Crippen LogP contribution in [0.5, 0.6) is 0 Å². The van der Waals surface area contributed by atoms with Crippen LogP contribution in [0.1, 0.15) is 19.4 Å². The SMILES string of the molecule is C=CCc1ccccc1[Si](CC)CC. The van der Waals surface area contributed by atoms with Crippen molar-refractivity contribution in [2.24, 2.45) is 0 Å². The molecule has 1 aromatic carbocycles. The predicted molar refractivity (Wildman–Crippen MR) is 66.7 cm³/mol. The lowest BCUT2D eigenvalue weighted by Crippen LogP contribution is -2.31. The number of allylic oxidation sites excluding steroid dienone is 1. The molecule has 0 aromatic heterocycles. The molecule has 0 bridgehead atoms. The Kier molecular flexibility index (Phi) is 4.67. The van der Waals surface area contributed by atoms with E-state index in [0.29, 0.717) is 0 Å². The Morgan fingerprint density at radius 3 is 2.43 bits per heavy atom. The molecule has 1 rings (SSSR count). The summed E-state index contributed by atoms with van der Waals surface area (Å²) >= 11 is 0. The van der Waals surface area contributed by atoms with E-state index in [1.165, 1.54) is 17.7 Å². The molecule has 1 radical (unpaired) electrons. The summed E-state index contributed by atoms with van der Waals surface area (Å²) in [7, 11) is -0.300. The van der Waals surface area contributed by atoms with E-state index in [4.69, 9.17) is 0 Å². The van der Waals surface area contributed by atoms with Gasteiger partial charge in [-0.3, -0.25) is 0 Å². The molecule has 0 unspecified atom stereocenters. The van der Waals surface area contributed by atoms with Gasteiger partial charge in [-0.05, 0) is 12.0 Å². The van der Waals surface area contributed by atoms with Crippen molar-refractivity contribution < 1.29 is 0 Å². The summed E-state index contributed by atoms with van der Waals surface area (Å²) in [5, 5.41) is 1.61. The first-order valence-electron chi connectivity index (χ1n) is 5.37. The first kappa shape index (κ1) is 11.3. The fourth-order valence-electron chi connectivity index (χ4n) is 1.83. The van der Waals surface area contributed by atoms with Crippen LogP contribution >= 0.6 is 0 Å². The summed E-state index contributed by atoms with van der Waals surface area (Å²) < 4.78 is 0. The maximum absolute atomic E-state index is 3.82. The van der Waals surface area contributed by atoms with Crippen molar-refractivity contribution >= 4 is 14.0 Å². The van der Waals surface area contributed by atoms with Gasteiger partial charge in [0.15, 0.2) is 0 Å². The van der Waals surface area contributed by atoms with Crippen LogP contribution in [-0.4, -0.2) is 8.80 Å². The van der Waals surface area contributed by atoms with Crippen molar-refractivity contribution in [1.29, 1.82) is 0 Å². The van der Waals surface area contributed by atoms with Gasteiger partial charge in [-0.2, -0.15) is 0 Å². The number of benzene rings is 1. The maximum Gasteiger partial charge on any atom is 0.0854 e. The molecule has 0 fully saturated rings. The summed E-state index contributed by atoms with van der Waals surface area (Å²) in [6, 6.07) is 11.5. The second-order valence-corrected chi connectivity index (χ2v) is 6.62. The third-order valence-electron chi connectivity index (χ3n) is 2.62. The standard InChI is InChI=1S/C13H19Si/c1-4-9-12-10-7-8-11-13(12)14(5-2)6-3/h4,7-8,10-11H,1,5-6,9H2,2-3H3. The fraction of sp³-hybridized carbons (Fsp3) is 0.385. The topological polar surface area (TPSA) is 0 Å². The molecule has 0 nitrogen and oxygen atoms in total. The average Bonchev–Trinajstić information content (AvgIpc) is 2.23. The summed E-state index contributed by atoms with van der Waals surface area (Å²) in [5.74, 6) is 0. The highest BCUT2D eigenvalue weighted by Gasteiger charge is 2.11. The second kappa shape index (κ2) is 5.81. The fourth-order valence-corrected chi connectivity index (χ4v) is 4.06. The van der Waals surface area contributed by atoms with E-state index in [0.717, 1.165) is 6.42 Å². The van der Waals surface area contributed by atoms with E-state index in [2.05, 4.69) is 44.7 Å². The van der Waals surface area contributed by atoms with Crippen molar-refractivity contribution in [2.45, 2.75) is 32.4 Å². The quantitative estimate of drug-likeness (QED) is 0.509. The van der Waals surface area contributed by atoms with E-state index in [1.807, 2.05) is 6.08 Å². The summed E-state index contributed by atoms with van der Waals surface area (Å²) in [6.45, 7) is 8.44. The van der Waals surface area contributed by atoms with Crippen LogP contribution in [0.3, 0.4) is 0 Å². The van der Waals surface area contributed by atoms with Gasteiger partial charge in [-0.15, -0.1) is 6.58 Å². The molecule has 0 heterocycles. The predicted octanol–water partition coefficient (Wildman–Crippen LogP) is 3.16. The zero-order valence-electron chi connectivity index (χ0n) is 9.22. The summed E-state index contributed by atoms with van der Waals surface area (Å²) in [5.41, 5.74) is 1.49. The lowest BCUT2D eigenvalue weighted by molar-refractivity contribution is 1.27. The van der Waals surface area contributed by atoms with Crippen molar-refractivity contribution in [2.75, 3.05) is 0 Å². The van der Waals surface area contributed by atoms with Crippen LogP contribution in [-0.2, 0) is 6.42 Å². The minimum atomic E-state index is -0.300. The molecule has 1 aromatic rings. The number of hydrogen-bond donors (Lipinski definition) is 0. The highest BCUT2D eigenvalue weighted by molar-refractivity contribution is 6.73. The van der Waals surface area contributed by atoms with Crippen molar-refractivity contribution in [1.82, 2.24) is 0 Å². The molecule has 1 heteroatoms. The first-order chi connectivity index (χ1) is 6.83. The molecule has 14 heavy (non-hydrogen) atoms. The van der Waals surface area contributed by atoms with E-state index in [1.54, 1.807) is 5.19 Å². The van der Waals surface area contributed by atoms with E-state index in [9.17, 15) is 0 Å². The average molecular weight is 203 g/mol. The van der Waals surface area contributed by atoms with Crippen molar-refractivity contribution in [3.05, 3.63) is 42.5 Å². The molecule has 0 amide bonds. The lowest BCUT2D eigenvalue weighted by atomic mass is 10.1. The number of hydrogen-bond acceptors (Lipinski definition) is 0. The van der Waals surface area contributed by atoms with E-state index < -0.39 is 0 Å². The molecular weight excluding hydrogens is 184 g/mol. The molecule has 0 aliphatic heterocycles. The third kappa shape index (κ3) is 2.58. The Morgan fingerprint density at radius 2 is 1.86 bits per heavy atom. The van der Waals surface area contributed by atoms with Crippen LogP contribution in [0.25, 0.3) is 0 Å². The minimum absolute atomic E-state index is 0.300. The lowest BCUT2D eigenvalue weighted by Gasteiger charge is -2.14. The van der Waals surface area contributed by atoms with Crippen LogP contribution in [0.4, 0.5) is 0 Å². The maximum atomic E-state index is 3.82. The van der Waals surface area contributed by atoms with Gasteiger partial charge >= 0.3 is 0 Å². The Morgan fingerprint density at radius 1 is 1.21 bits per heavy atom. The van der Waals surface area contributed by atoms with Gasteiger partial charge in [0, 0.05) is 0 Å². The van der Waals surface area contributed by atoms with Gasteiger partial charge in [0.25, 0.3) is 0 Å². The molecule has 0 N–H and O–H groups in total. The second-order valence-electron chi connectivity index (χ2n) is 3.46. The van der Waals surface area contributed by atoms with Gasteiger partial charge in [0.1, 0.15) is 0 Å². The van der Waals surface area contributed by atoms with Crippen LogP contribution in [0.15, 0.2) is 36.9 Å². The smallest absolute Gasteiger partial charge is 0.0854 e. The van der Waals surface area contributed by atoms with Gasteiger partial charge in [0.2, 0.25) is 0 Å². The highest BCUT2D eigenvalue weighted by atomic mass is 28.3. The Labute approximate surface area is 89.3 Å². The van der Waals surface area contributed by atoms with Gasteiger partial charge < -0.3 is 0 Å². The molecule has 0 spiro atoms. The molecule has 0 saturated carbocycles. The zero-order valence-corrected chi connectivity index (χ0v) is 10.2. The van der Waals surface area contributed by atoms with Crippen LogP contribution < -0.4 is 5.19 Å². The monoisotopic (exact) mass is 203 g/mol. The van der Waals surface area contributed by atoms with Crippen molar-refractivity contribution in [3.8, 4) is 0 Å². The molecule has 75 valence electrons. The number of rotatable bonds is 5. The summed E-state index contributed by atoms with van der Waals surface area (Å²) in [4.78, 5) is 0. The Hall–Kier alpha value is -0.823. The molecule has 0 saturated heterocycles. The van der Waals surface area contributed by atoms with Gasteiger partial charge in [-0.1, -0.05) is 61.5 Å². The Bertz CT molecular complexity index is 287. The third-order valence-corrected chi connectivity index (χ3v) is 5.57. The first-order valence-corrected chi connectivity index (χ1v) is 7.28. The van der Waals surface area contributed by atoms with Crippen LogP contribution in [0, 0.1) is 0 Å². The largest absolute Gasteiger partial charge is 0.103 e. The molecular formula is C13H19Si. The Balaban J connectivity index is 2.98. The molecule has 0 aliphatic carbocycles. The zero-order chi connectivity index (χ0) is 10.4. The summed E-state index contributed by atoms with van der Waals surface area (Å²) in [6.07, 6.45) is 3.02. The highest BCUT2D eigenvalue weighted by Crippen LogP contribution is 2.05. The van der Waals surface area contributed by atoms with Crippen molar-refractivity contribution in [3.63, 3.8) is 0 Å².